The van der Waals surface area contributed by atoms with Crippen molar-refractivity contribution in [3.63, 3.8) is 0 Å². The number of carbonyl (C=O) groups excluding carboxylic acids is 4. The highest BCUT2D eigenvalue weighted by Gasteiger charge is 2.51. The minimum Gasteiger partial charge on any atom is -0.452 e. The van der Waals surface area contributed by atoms with Gasteiger partial charge in [0.15, 0.2) is 37.0 Å². The molecule has 0 radical (unpaired) electrons. The van der Waals surface area contributed by atoms with Crippen molar-refractivity contribution in [1.82, 2.24) is 0 Å². The Balaban J connectivity index is 1.31. The fourth-order valence-electron chi connectivity index (χ4n) is 5.98. The molecule has 0 aromatic heterocycles. The molecule has 4 aromatic carbocycles. The standard InChI is InChI=1S/C42H42O13/c1-23-5-13-27(14-6-23)37(44)52-33-31(43)21-50-42(36(33)55-40(47)30-19-11-26(4)12-20-30)51-32-22-49-41(48)35(54-39(46)29-17-9-25(3)10-18-29)34(32)53-38(45)28-15-7-24(2)8-16-28/h5-20,31-36,41-43,48H,21-22H2,1-4H3/t31-,32-,33+,34+,35-,36-,41-,42+/m1/s1. The second kappa shape index (κ2) is 17.4. The number of carbonyl (C=O) groups is 4. The van der Waals surface area contributed by atoms with Gasteiger partial charge in [0.25, 0.3) is 0 Å². The highest BCUT2D eigenvalue weighted by molar-refractivity contribution is 5.91. The summed E-state index contributed by atoms with van der Waals surface area (Å²) < 4.78 is 41.0. The van der Waals surface area contributed by atoms with Gasteiger partial charge in [-0.15, -0.1) is 0 Å². The molecule has 8 atom stereocenters. The lowest BCUT2D eigenvalue weighted by molar-refractivity contribution is -0.321. The molecule has 13 heteroatoms. The summed E-state index contributed by atoms with van der Waals surface area (Å²) in [6, 6.07) is 26.1. The van der Waals surface area contributed by atoms with E-state index in [0.29, 0.717) is 0 Å². The van der Waals surface area contributed by atoms with Crippen molar-refractivity contribution in [3.05, 3.63) is 142 Å². The third kappa shape index (κ3) is 9.63. The number of hydrogen-bond acceptors (Lipinski definition) is 13. The first-order valence-corrected chi connectivity index (χ1v) is 17.7. The fraction of sp³-hybridized carbons (Fsp3) is 0.333. The van der Waals surface area contributed by atoms with Gasteiger partial charge in [-0.1, -0.05) is 70.8 Å². The highest BCUT2D eigenvalue weighted by atomic mass is 16.7. The van der Waals surface area contributed by atoms with Crippen molar-refractivity contribution >= 4 is 23.9 Å². The van der Waals surface area contributed by atoms with E-state index >= 15 is 0 Å². The Morgan fingerprint density at radius 3 is 1.22 bits per heavy atom. The van der Waals surface area contributed by atoms with Crippen LogP contribution in [0.1, 0.15) is 63.7 Å². The second-order valence-electron chi connectivity index (χ2n) is 13.6. The van der Waals surface area contributed by atoms with E-state index < -0.39 is 86.3 Å². The molecule has 2 fully saturated rings. The smallest absolute Gasteiger partial charge is 0.338 e. The molecule has 55 heavy (non-hydrogen) atoms. The van der Waals surface area contributed by atoms with Gasteiger partial charge in [0, 0.05) is 0 Å². The number of benzene rings is 4. The first kappa shape index (κ1) is 39.3. The van der Waals surface area contributed by atoms with E-state index in [-0.39, 0.29) is 22.3 Å². The quantitative estimate of drug-likeness (QED) is 0.170. The lowest BCUT2D eigenvalue weighted by Crippen LogP contribution is -2.62. The van der Waals surface area contributed by atoms with Gasteiger partial charge in [-0.2, -0.15) is 0 Å². The van der Waals surface area contributed by atoms with Gasteiger partial charge < -0.3 is 43.4 Å². The van der Waals surface area contributed by atoms with E-state index in [2.05, 4.69) is 0 Å². The summed E-state index contributed by atoms with van der Waals surface area (Å²) in [5.41, 5.74) is 4.25. The van der Waals surface area contributed by atoms with Gasteiger partial charge >= 0.3 is 23.9 Å². The fourth-order valence-corrected chi connectivity index (χ4v) is 5.98. The van der Waals surface area contributed by atoms with Gasteiger partial charge in [0.1, 0.15) is 12.2 Å². The summed E-state index contributed by atoms with van der Waals surface area (Å²) in [4.78, 5) is 53.7. The Hall–Kier alpha value is -5.44. The molecule has 6 rings (SSSR count). The molecule has 0 saturated carbocycles. The van der Waals surface area contributed by atoms with Crippen LogP contribution in [0.15, 0.2) is 97.1 Å². The van der Waals surface area contributed by atoms with Crippen molar-refractivity contribution in [2.75, 3.05) is 13.2 Å². The molecule has 13 nitrogen and oxygen atoms in total. The Labute approximate surface area is 317 Å². The summed E-state index contributed by atoms with van der Waals surface area (Å²) >= 11 is 0. The van der Waals surface area contributed by atoms with Crippen molar-refractivity contribution in [2.45, 2.75) is 76.9 Å². The average molecular weight is 755 g/mol. The third-order valence-electron chi connectivity index (χ3n) is 9.24. The molecular formula is C42H42O13. The molecule has 0 bridgehead atoms. The largest absolute Gasteiger partial charge is 0.452 e. The summed E-state index contributed by atoms with van der Waals surface area (Å²) in [6.45, 7) is 6.56. The van der Waals surface area contributed by atoms with Crippen LogP contribution in [0.5, 0.6) is 0 Å². The maximum absolute atomic E-state index is 13.5. The monoisotopic (exact) mass is 754 g/mol. The van der Waals surface area contributed by atoms with E-state index in [0.717, 1.165) is 22.3 Å². The van der Waals surface area contributed by atoms with E-state index in [1.54, 1.807) is 97.1 Å². The van der Waals surface area contributed by atoms with E-state index in [4.69, 9.17) is 33.2 Å². The summed E-state index contributed by atoms with van der Waals surface area (Å²) in [5, 5.41) is 22.1. The van der Waals surface area contributed by atoms with Gasteiger partial charge in [0.05, 0.1) is 35.5 Å². The first-order valence-electron chi connectivity index (χ1n) is 17.7. The van der Waals surface area contributed by atoms with Crippen molar-refractivity contribution in [2.24, 2.45) is 0 Å². The number of esters is 4. The lowest BCUT2D eigenvalue weighted by Gasteiger charge is -2.44. The zero-order valence-electron chi connectivity index (χ0n) is 30.7. The number of ether oxygens (including phenoxy) is 7. The van der Waals surface area contributed by atoms with Crippen LogP contribution in [0.4, 0.5) is 0 Å². The molecule has 2 heterocycles. The Morgan fingerprint density at radius 2 is 0.818 bits per heavy atom. The van der Waals surface area contributed by atoms with Crippen LogP contribution in [0.25, 0.3) is 0 Å². The minimum absolute atomic E-state index is 0.158. The molecule has 4 aromatic rings. The zero-order chi connectivity index (χ0) is 39.2. The van der Waals surface area contributed by atoms with E-state index in [9.17, 15) is 29.4 Å². The summed E-state index contributed by atoms with van der Waals surface area (Å²) in [7, 11) is 0. The molecule has 288 valence electrons. The molecular weight excluding hydrogens is 712 g/mol. The van der Waals surface area contributed by atoms with Crippen LogP contribution in [0, 0.1) is 27.7 Å². The normalized spacial score (nSPS) is 25.0. The third-order valence-corrected chi connectivity index (χ3v) is 9.24. The van der Waals surface area contributed by atoms with Crippen molar-refractivity contribution in [1.29, 1.82) is 0 Å². The maximum atomic E-state index is 13.5. The molecule has 0 amide bonds. The van der Waals surface area contributed by atoms with Crippen molar-refractivity contribution in [3.8, 4) is 0 Å². The maximum Gasteiger partial charge on any atom is 0.338 e. The molecule has 0 aliphatic carbocycles. The molecule has 2 aliphatic heterocycles. The van der Waals surface area contributed by atoms with E-state index in [1.165, 1.54) is 0 Å². The number of rotatable bonds is 10. The minimum atomic E-state index is -1.75. The SMILES string of the molecule is Cc1ccc(C(=O)O[C@@H]2[C@@H](OC(=O)c3ccc(C)cc3)[C@H](O[C@@H]3CO[C@@H](O)[C@H](OC(=O)c4ccc(C)cc4)[C@H]3OC(=O)c3ccc(C)cc3)OC[C@H]2O)cc1. The predicted molar refractivity (Wildman–Crippen MR) is 194 cm³/mol. The number of aliphatic hydroxyl groups excluding tert-OH is 2. The van der Waals surface area contributed by atoms with Crippen LogP contribution < -0.4 is 0 Å². The molecule has 2 saturated heterocycles. The van der Waals surface area contributed by atoms with Crippen LogP contribution in [-0.4, -0.2) is 96.5 Å². The zero-order valence-corrected chi connectivity index (χ0v) is 30.7. The predicted octanol–water partition coefficient (Wildman–Crippen LogP) is 4.57. The molecule has 2 N–H and O–H groups in total. The van der Waals surface area contributed by atoms with Gasteiger partial charge in [-0.3, -0.25) is 0 Å². The van der Waals surface area contributed by atoms with Gasteiger partial charge in [-0.05, 0) is 76.2 Å². The summed E-state index contributed by atoms with van der Waals surface area (Å²) in [5.74, 6) is -3.31. The highest BCUT2D eigenvalue weighted by Crippen LogP contribution is 2.31. The Morgan fingerprint density at radius 1 is 0.473 bits per heavy atom. The summed E-state index contributed by atoms with van der Waals surface area (Å²) in [6.07, 6.45) is -12.3. The van der Waals surface area contributed by atoms with Crippen LogP contribution in [0.2, 0.25) is 0 Å². The van der Waals surface area contributed by atoms with Gasteiger partial charge in [-0.25, -0.2) is 19.2 Å². The molecule has 0 unspecified atom stereocenters. The first-order chi connectivity index (χ1) is 26.4. The lowest BCUT2D eigenvalue weighted by atomic mass is 10.0. The Kier molecular flexibility index (Phi) is 12.4. The van der Waals surface area contributed by atoms with E-state index in [1.807, 2.05) is 27.7 Å². The number of hydrogen-bond donors (Lipinski definition) is 2. The molecule has 2 aliphatic rings. The van der Waals surface area contributed by atoms with Crippen LogP contribution in [0.3, 0.4) is 0 Å². The van der Waals surface area contributed by atoms with Crippen LogP contribution >= 0.6 is 0 Å². The topological polar surface area (TPSA) is 173 Å². The van der Waals surface area contributed by atoms with Crippen molar-refractivity contribution < 1.29 is 62.5 Å². The number of aliphatic hydroxyl groups is 2. The Bertz CT molecular complexity index is 1820. The van der Waals surface area contributed by atoms with Gasteiger partial charge in [0.2, 0.25) is 0 Å². The average Bonchev–Trinajstić information content (AvgIpc) is 3.17. The second-order valence-corrected chi connectivity index (χ2v) is 13.6. The number of aryl methyl sites for hydroxylation is 4. The molecule has 0 spiro atoms. The van der Waals surface area contributed by atoms with Crippen LogP contribution in [-0.2, 0) is 33.2 Å².